The van der Waals surface area contributed by atoms with Crippen LogP contribution >= 0.6 is 34.8 Å². The van der Waals surface area contributed by atoms with E-state index in [1.165, 1.54) is 5.56 Å². The van der Waals surface area contributed by atoms with Crippen LogP contribution in [0.2, 0.25) is 0 Å². The van der Waals surface area contributed by atoms with Gasteiger partial charge in [-0.3, -0.25) is 4.98 Å². The van der Waals surface area contributed by atoms with Crippen molar-refractivity contribution in [3.8, 4) is 0 Å². The van der Waals surface area contributed by atoms with Crippen LogP contribution in [0.5, 0.6) is 0 Å². The molecule has 0 amide bonds. The van der Waals surface area contributed by atoms with E-state index in [2.05, 4.69) is 30.8 Å². The van der Waals surface area contributed by atoms with E-state index in [-0.39, 0.29) is 0 Å². The molecule has 0 aliphatic heterocycles. The van der Waals surface area contributed by atoms with Gasteiger partial charge in [-0.1, -0.05) is 11.9 Å². The smallest absolute Gasteiger partial charge is 0.0338 e. The molecule has 1 rings (SSSR count). The van der Waals surface area contributed by atoms with Crippen LogP contribution in [-0.2, 0) is 5.75 Å². The fraction of sp³-hybridized carbons (Fsp3) is 0.167. The molecule has 2 nitrogen and oxygen atoms in total. The molecular weight excluding hydrogens is 259 g/mol. The molecule has 0 unspecified atom stereocenters. The first-order valence-corrected chi connectivity index (χ1v) is 4.86. The largest absolute Gasteiger partial charge is 0.265 e. The highest BCUT2D eigenvalue weighted by molar-refractivity contribution is 14.1. The number of hydrogen-bond acceptors (Lipinski definition) is 3. The summed E-state index contributed by atoms with van der Waals surface area (Å²) in [5.74, 6) is 0.992. The summed E-state index contributed by atoms with van der Waals surface area (Å²) < 4.78 is 2.98. The molecule has 1 aromatic rings. The molecule has 0 aliphatic carbocycles. The zero-order valence-electron chi connectivity index (χ0n) is 5.25. The monoisotopic (exact) mass is 266 g/mol. The van der Waals surface area contributed by atoms with Gasteiger partial charge >= 0.3 is 0 Å². The molecule has 10 heavy (non-hydrogen) atoms. The number of halogens is 1. The third-order valence-electron chi connectivity index (χ3n) is 1.04. The van der Waals surface area contributed by atoms with Crippen LogP contribution in [0.3, 0.4) is 0 Å². The van der Waals surface area contributed by atoms with Crippen LogP contribution in [0.15, 0.2) is 24.5 Å². The lowest BCUT2D eigenvalue weighted by molar-refractivity contribution is 1.27. The first kappa shape index (κ1) is 8.29. The van der Waals surface area contributed by atoms with Gasteiger partial charge in [0.2, 0.25) is 0 Å². The fourth-order valence-electron chi connectivity index (χ4n) is 0.590. The van der Waals surface area contributed by atoms with Crippen molar-refractivity contribution < 1.29 is 0 Å². The van der Waals surface area contributed by atoms with E-state index >= 15 is 0 Å². The van der Waals surface area contributed by atoms with Gasteiger partial charge in [-0.15, -0.1) is 0 Å². The first-order chi connectivity index (χ1) is 4.93. The summed E-state index contributed by atoms with van der Waals surface area (Å²) in [4.78, 5) is 3.92. The van der Waals surface area contributed by atoms with E-state index in [0.717, 1.165) is 5.75 Å². The normalized spacial score (nSPS) is 9.70. The second-order valence-electron chi connectivity index (χ2n) is 1.72. The van der Waals surface area contributed by atoms with Gasteiger partial charge in [0.25, 0.3) is 0 Å². The molecule has 0 aliphatic rings. The summed E-state index contributed by atoms with van der Waals surface area (Å²) in [5, 5.41) is 0. The Hall–Kier alpha value is 0.190. The standard InChI is InChI=1S/C6H7IN2S/c7-9-10-5-6-1-3-8-4-2-6/h1-4,9H,5H2. The Labute approximate surface area is 78.4 Å². The lowest BCUT2D eigenvalue weighted by Gasteiger charge is -1.95. The summed E-state index contributed by atoms with van der Waals surface area (Å²) in [6, 6.07) is 4.03. The predicted molar refractivity (Wildman–Crippen MR) is 52.7 cm³/mol. The van der Waals surface area contributed by atoms with Crippen molar-refractivity contribution in [3.05, 3.63) is 30.1 Å². The minimum atomic E-state index is 0.992. The van der Waals surface area contributed by atoms with Crippen molar-refractivity contribution in [2.24, 2.45) is 0 Å². The van der Waals surface area contributed by atoms with E-state index in [0.29, 0.717) is 0 Å². The molecule has 0 atom stereocenters. The highest BCUT2D eigenvalue weighted by Gasteiger charge is 1.88. The lowest BCUT2D eigenvalue weighted by atomic mass is 10.3. The van der Waals surface area contributed by atoms with Crippen molar-refractivity contribution in [2.45, 2.75) is 5.75 Å². The summed E-state index contributed by atoms with van der Waals surface area (Å²) in [7, 11) is 0. The maximum Gasteiger partial charge on any atom is 0.0338 e. The predicted octanol–water partition coefficient (Wildman–Crippen LogP) is 2.17. The van der Waals surface area contributed by atoms with Crippen molar-refractivity contribution in [1.29, 1.82) is 0 Å². The zero-order valence-corrected chi connectivity index (χ0v) is 8.22. The SMILES string of the molecule is INSCc1ccncc1. The molecule has 0 saturated carbocycles. The molecule has 0 spiro atoms. The van der Waals surface area contributed by atoms with Crippen LogP contribution in [0, 0.1) is 0 Å². The Morgan fingerprint density at radius 2 is 2.20 bits per heavy atom. The quantitative estimate of drug-likeness (QED) is 0.515. The van der Waals surface area contributed by atoms with Gasteiger partial charge < -0.3 is 0 Å². The van der Waals surface area contributed by atoms with E-state index in [4.69, 9.17) is 0 Å². The topological polar surface area (TPSA) is 24.9 Å². The second-order valence-corrected chi connectivity index (χ2v) is 3.77. The molecule has 0 saturated heterocycles. The maximum absolute atomic E-state index is 3.92. The number of aromatic nitrogens is 1. The Balaban J connectivity index is 2.43. The number of pyridine rings is 1. The Morgan fingerprint density at radius 1 is 1.50 bits per heavy atom. The molecule has 1 N–H and O–H groups in total. The molecule has 4 heteroatoms. The molecule has 1 aromatic heterocycles. The molecule has 0 aromatic carbocycles. The van der Waals surface area contributed by atoms with Crippen LogP contribution in [-0.4, -0.2) is 4.98 Å². The number of nitrogens with zero attached hydrogens (tertiary/aromatic N) is 1. The van der Waals surface area contributed by atoms with Gasteiger partial charge in [-0.2, -0.15) is 0 Å². The van der Waals surface area contributed by atoms with Gasteiger partial charge in [0.05, 0.1) is 0 Å². The second kappa shape index (κ2) is 4.92. The zero-order chi connectivity index (χ0) is 7.23. The minimum absolute atomic E-state index is 0.992. The molecule has 1 heterocycles. The van der Waals surface area contributed by atoms with Crippen molar-refractivity contribution in [2.75, 3.05) is 0 Å². The van der Waals surface area contributed by atoms with E-state index < -0.39 is 0 Å². The lowest BCUT2D eigenvalue weighted by Crippen LogP contribution is -1.85. The third-order valence-corrected chi connectivity index (χ3v) is 2.56. The Bertz CT molecular complexity index is 180. The maximum atomic E-state index is 3.92. The van der Waals surface area contributed by atoms with Gasteiger partial charge in [0, 0.05) is 41.0 Å². The molecule has 0 radical (unpaired) electrons. The van der Waals surface area contributed by atoms with Gasteiger partial charge in [0.15, 0.2) is 0 Å². The van der Waals surface area contributed by atoms with Crippen LogP contribution in [0.25, 0.3) is 0 Å². The van der Waals surface area contributed by atoms with Crippen molar-refractivity contribution in [3.63, 3.8) is 0 Å². The number of hydrogen-bond donors (Lipinski definition) is 1. The van der Waals surface area contributed by atoms with E-state index in [1.54, 1.807) is 11.9 Å². The summed E-state index contributed by atoms with van der Waals surface area (Å²) >= 11 is 3.78. The molecular formula is C6H7IN2S. The highest BCUT2D eigenvalue weighted by atomic mass is 127. The van der Waals surface area contributed by atoms with Gasteiger partial charge in [-0.25, -0.2) is 2.94 Å². The molecule has 0 fully saturated rings. The van der Waals surface area contributed by atoms with Crippen LogP contribution in [0.1, 0.15) is 5.56 Å². The van der Waals surface area contributed by atoms with Crippen molar-refractivity contribution >= 4 is 34.8 Å². The van der Waals surface area contributed by atoms with Crippen molar-refractivity contribution in [1.82, 2.24) is 7.92 Å². The highest BCUT2D eigenvalue weighted by Crippen LogP contribution is 2.07. The summed E-state index contributed by atoms with van der Waals surface area (Å²) in [6.45, 7) is 0. The van der Waals surface area contributed by atoms with Crippen LogP contribution in [0.4, 0.5) is 0 Å². The van der Waals surface area contributed by atoms with Gasteiger partial charge in [0.1, 0.15) is 0 Å². The summed E-state index contributed by atoms with van der Waals surface area (Å²) in [5.41, 5.74) is 1.30. The first-order valence-electron chi connectivity index (χ1n) is 2.80. The number of nitrogens with one attached hydrogen (secondary N) is 1. The van der Waals surface area contributed by atoms with Gasteiger partial charge in [-0.05, 0) is 17.7 Å². The van der Waals surface area contributed by atoms with E-state index in [1.807, 2.05) is 24.5 Å². The van der Waals surface area contributed by atoms with Crippen LogP contribution < -0.4 is 2.94 Å². The fourth-order valence-corrected chi connectivity index (χ4v) is 1.47. The average Bonchev–Trinajstić information content (AvgIpc) is 2.03. The Morgan fingerprint density at radius 3 is 2.80 bits per heavy atom. The minimum Gasteiger partial charge on any atom is -0.265 e. The molecule has 54 valence electrons. The molecule has 0 bridgehead atoms. The Kier molecular flexibility index (Phi) is 4.08. The summed E-state index contributed by atoms with van der Waals surface area (Å²) in [6.07, 6.45) is 3.62. The third kappa shape index (κ3) is 2.85. The average molecular weight is 266 g/mol. The number of rotatable bonds is 3. The van der Waals surface area contributed by atoms with E-state index in [9.17, 15) is 0 Å².